The molecule has 0 aliphatic heterocycles. The highest BCUT2D eigenvalue weighted by molar-refractivity contribution is 5.89. The maximum atomic E-state index is 12.0. The van der Waals surface area contributed by atoms with E-state index in [1.165, 1.54) is 6.07 Å². The Labute approximate surface area is 147 Å². The molecule has 0 spiro atoms. The van der Waals surface area contributed by atoms with E-state index in [1.54, 1.807) is 36.5 Å². The van der Waals surface area contributed by atoms with Crippen LogP contribution in [0.15, 0.2) is 48.7 Å². The fourth-order valence-electron chi connectivity index (χ4n) is 2.22. The van der Waals surface area contributed by atoms with Crippen LogP contribution in [0.25, 0.3) is 11.5 Å². The van der Waals surface area contributed by atoms with E-state index in [-0.39, 0.29) is 30.5 Å². The molecule has 0 aliphatic rings. The fraction of sp³-hybridized carbons (Fsp3) is 0.125. The molecule has 1 amide bonds. The maximum absolute atomic E-state index is 12.0. The summed E-state index contributed by atoms with van der Waals surface area (Å²) in [5.74, 6) is 0.267. The average Bonchev–Trinajstić information content (AvgIpc) is 3.11. The molecule has 0 fully saturated rings. The van der Waals surface area contributed by atoms with Crippen LogP contribution in [0.2, 0.25) is 0 Å². The second-order valence-electron chi connectivity index (χ2n) is 5.22. The van der Waals surface area contributed by atoms with Gasteiger partial charge in [-0.05, 0) is 18.2 Å². The maximum Gasteiger partial charge on any atom is 0.292 e. The van der Waals surface area contributed by atoms with Crippen LogP contribution in [0.3, 0.4) is 0 Å². The van der Waals surface area contributed by atoms with Crippen LogP contribution in [0, 0.1) is 10.1 Å². The number of nitro groups is 1. The lowest BCUT2D eigenvalue weighted by Crippen LogP contribution is -2.17. The van der Waals surface area contributed by atoms with Crippen LogP contribution in [0.4, 0.5) is 17.3 Å². The van der Waals surface area contributed by atoms with Crippen molar-refractivity contribution in [2.45, 2.75) is 6.42 Å². The van der Waals surface area contributed by atoms with Crippen molar-refractivity contribution in [2.75, 3.05) is 17.2 Å². The van der Waals surface area contributed by atoms with E-state index in [4.69, 9.17) is 0 Å². The molecule has 3 aromatic rings. The Bertz CT molecular complexity index is 911. The lowest BCUT2D eigenvalue weighted by molar-refractivity contribution is -0.384. The predicted molar refractivity (Wildman–Crippen MR) is 94.4 cm³/mol. The SMILES string of the molecule is O=C(CCNc1ccccc1[N+](=O)[O-])Nc1n[nH]c(-c2ccccn2)n1. The fourth-order valence-corrected chi connectivity index (χ4v) is 2.22. The van der Waals surface area contributed by atoms with Gasteiger partial charge in [-0.15, -0.1) is 5.10 Å². The van der Waals surface area contributed by atoms with Gasteiger partial charge in [0.25, 0.3) is 5.69 Å². The quantitative estimate of drug-likeness (QED) is 0.437. The second kappa shape index (κ2) is 7.83. The molecule has 0 unspecified atom stereocenters. The van der Waals surface area contributed by atoms with E-state index in [9.17, 15) is 14.9 Å². The number of anilines is 2. The molecule has 132 valence electrons. The largest absolute Gasteiger partial charge is 0.379 e. The molecule has 3 rings (SSSR count). The molecular weight excluding hydrogens is 338 g/mol. The molecule has 0 atom stereocenters. The van der Waals surface area contributed by atoms with Crippen LogP contribution in [-0.2, 0) is 4.79 Å². The van der Waals surface area contributed by atoms with Crippen molar-refractivity contribution in [1.29, 1.82) is 0 Å². The van der Waals surface area contributed by atoms with Crippen molar-refractivity contribution >= 4 is 23.2 Å². The van der Waals surface area contributed by atoms with Gasteiger partial charge >= 0.3 is 0 Å². The van der Waals surface area contributed by atoms with Crippen molar-refractivity contribution in [2.24, 2.45) is 0 Å². The summed E-state index contributed by atoms with van der Waals surface area (Å²) < 4.78 is 0. The Morgan fingerprint density at radius 2 is 2.00 bits per heavy atom. The molecule has 26 heavy (non-hydrogen) atoms. The Morgan fingerprint density at radius 3 is 2.77 bits per heavy atom. The van der Waals surface area contributed by atoms with Gasteiger partial charge in [-0.1, -0.05) is 18.2 Å². The van der Waals surface area contributed by atoms with Gasteiger partial charge in [0, 0.05) is 25.2 Å². The van der Waals surface area contributed by atoms with E-state index in [0.717, 1.165) is 0 Å². The summed E-state index contributed by atoms with van der Waals surface area (Å²) in [5.41, 5.74) is 0.932. The summed E-state index contributed by atoms with van der Waals surface area (Å²) in [6.45, 7) is 0.230. The second-order valence-corrected chi connectivity index (χ2v) is 5.22. The van der Waals surface area contributed by atoms with Crippen molar-refractivity contribution in [1.82, 2.24) is 20.2 Å². The summed E-state index contributed by atoms with van der Waals surface area (Å²) in [5, 5.41) is 23.0. The van der Waals surface area contributed by atoms with E-state index in [1.807, 2.05) is 6.07 Å². The van der Waals surface area contributed by atoms with Crippen LogP contribution < -0.4 is 10.6 Å². The lowest BCUT2D eigenvalue weighted by Gasteiger charge is -2.06. The van der Waals surface area contributed by atoms with Gasteiger partial charge in [0.05, 0.1) is 4.92 Å². The molecule has 2 aromatic heterocycles. The van der Waals surface area contributed by atoms with Crippen molar-refractivity contribution in [3.63, 3.8) is 0 Å². The Balaban J connectivity index is 1.52. The zero-order valence-corrected chi connectivity index (χ0v) is 13.5. The topological polar surface area (TPSA) is 139 Å². The van der Waals surface area contributed by atoms with E-state index < -0.39 is 4.92 Å². The van der Waals surface area contributed by atoms with Crippen LogP contribution in [-0.4, -0.2) is 37.5 Å². The number of hydrogen-bond donors (Lipinski definition) is 3. The number of amides is 1. The lowest BCUT2D eigenvalue weighted by atomic mass is 10.2. The minimum Gasteiger partial charge on any atom is -0.379 e. The van der Waals surface area contributed by atoms with Gasteiger partial charge in [0.1, 0.15) is 11.4 Å². The number of nitrogens with zero attached hydrogens (tertiary/aromatic N) is 4. The molecule has 10 nitrogen and oxygen atoms in total. The summed E-state index contributed by atoms with van der Waals surface area (Å²) in [6, 6.07) is 11.6. The Morgan fingerprint density at radius 1 is 1.19 bits per heavy atom. The third kappa shape index (κ3) is 4.17. The summed E-state index contributed by atoms with van der Waals surface area (Å²) in [7, 11) is 0. The Kier molecular flexibility index (Phi) is 5.13. The first-order chi connectivity index (χ1) is 12.6. The number of para-hydroxylation sites is 2. The zero-order chi connectivity index (χ0) is 18.4. The molecule has 10 heteroatoms. The predicted octanol–water partition coefficient (Wildman–Crippen LogP) is 2.22. The number of carbonyl (C=O) groups is 1. The van der Waals surface area contributed by atoms with Crippen molar-refractivity contribution < 1.29 is 9.72 Å². The first-order valence-electron chi connectivity index (χ1n) is 7.74. The highest BCUT2D eigenvalue weighted by atomic mass is 16.6. The number of nitrogens with one attached hydrogen (secondary N) is 3. The minimum atomic E-state index is -0.477. The average molecular weight is 353 g/mol. The molecule has 0 radical (unpaired) electrons. The number of benzene rings is 1. The number of hydrogen-bond acceptors (Lipinski definition) is 7. The standard InChI is InChI=1S/C16H15N7O3/c24-14(8-10-18-11-5-1-2-7-13(11)23(25)26)19-16-20-15(21-22-16)12-6-3-4-9-17-12/h1-7,9,18H,8,10H2,(H2,19,20,21,22,24). The number of nitro benzene ring substituents is 1. The molecule has 0 aliphatic carbocycles. The molecule has 0 saturated carbocycles. The normalized spacial score (nSPS) is 10.3. The molecule has 1 aromatic carbocycles. The highest BCUT2D eigenvalue weighted by Gasteiger charge is 2.13. The number of aromatic nitrogens is 4. The van der Waals surface area contributed by atoms with Crippen molar-refractivity contribution in [3.8, 4) is 11.5 Å². The van der Waals surface area contributed by atoms with Crippen LogP contribution in [0.1, 0.15) is 6.42 Å². The van der Waals surface area contributed by atoms with E-state index >= 15 is 0 Å². The smallest absolute Gasteiger partial charge is 0.292 e. The van der Waals surface area contributed by atoms with Crippen LogP contribution >= 0.6 is 0 Å². The van der Waals surface area contributed by atoms with Crippen molar-refractivity contribution in [3.05, 3.63) is 58.8 Å². The zero-order valence-electron chi connectivity index (χ0n) is 13.5. The number of rotatable bonds is 7. The number of H-pyrrole nitrogens is 1. The monoisotopic (exact) mass is 353 g/mol. The third-order valence-corrected chi connectivity index (χ3v) is 3.41. The van der Waals surface area contributed by atoms with Crippen LogP contribution in [0.5, 0.6) is 0 Å². The van der Waals surface area contributed by atoms with Gasteiger partial charge in [-0.3, -0.25) is 30.3 Å². The summed E-state index contributed by atoms with van der Waals surface area (Å²) >= 11 is 0. The third-order valence-electron chi connectivity index (χ3n) is 3.41. The highest BCUT2D eigenvalue weighted by Crippen LogP contribution is 2.22. The summed E-state index contributed by atoms with van der Waals surface area (Å²) in [6.07, 6.45) is 1.73. The number of aromatic amines is 1. The molecule has 3 N–H and O–H groups in total. The van der Waals surface area contributed by atoms with Gasteiger partial charge in [0.2, 0.25) is 11.9 Å². The van der Waals surface area contributed by atoms with Gasteiger partial charge < -0.3 is 5.32 Å². The number of carbonyl (C=O) groups excluding carboxylic acids is 1. The van der Waals surface area contributed by atoms with E-state index in [2.05, 4.69) is 30.8 Å². The molecule has 2 heterocycles. The Hall–Kier alpha value is -3.82. The molecule has 0 saturated heterocycles. The first-order valence-corrected chi connectivity index (χ1v) is 7.74. The van der Waals surface area contributed by atoms with Gasteiger partial charge in [-0.2, -0.15) is 4.98 Å². The molecule has 0 bridgehead atoms. The molecular formula is C16H15N7O3. The van der Waals surface area contributed by atoms with E-state index in [0.29, 0.717) is 17.2 Å². The minimum absolute atomic E-state index is 0.0399. The summed E-state index contributed by atoms with van der Waals surface area (Å²) in [4.78, 5) is 30.7. The van der Waals surface area contributed by atoms with Gasteiger partial charge in [-0.25, -0.2) is 0 Å². The first kappa shape index (κ1) is 17.0. The number of pyridine rings is 1. The van der Waals surface area contributed by atoms with Gasteiger partial charge in [0.15, 0.2) is 5.82 Å².